The van der Waals surface area contributed by atoms with E-state index in [9.17, 15) is 4.39 Å². The van der Waals surface area contributed by atoms with E-state index in [1.807, 2.05) is 36.2 Å². The summed E-state index contributed by atoms with van der Waals surface area (Å²) >= 11 is 0. The standard InChI is InChI=1S/C17H22FN3/c1-13(2)20-11-15-16(18)8-6-9-17(15)21(3)12-14-7-4-5-10-19-14/h4-10,13,20H,11-12H2,1-3H3. The van der Waals surface area contributed by atoms with Gasteiger partial charge in [0.15, 0.2) is 0 Å². The summed E-state index contributed by atoms with van der Waals surface area (Å²) in [7, 11) is 1.96. The molecule has 1 aromatic carbocycles. The average Bonchev–Trinajstić information content (AvgIpc) is 2.46. The molecule has 1 aromatic heterocycles. The summed E-state index contributed by atoms with van der Waals surface area (Å²) in [5.74, 6) is -0.173. The Morgan fingerprint density at radius 1 is 1.19 bits per heavy atom. The molecule has 0 aliphatic carbocycles. The van der Waals surface area contributed by atoms with Crippen LogP contribution in [0.3, 0.4) is 0 Å². The summed E-state index contributed by atoms with van der Waals surface area (Å²) < 4.78 is 14.1. The molecule has 0 saturated heterocycles. The van der Waals surface area contributed by atoms with Crippen LogP contribution in [-0.2, 0) is 13.1 Å². The van der Waals surface area contributed by atoms with E-state index in [0.717, 1.165) is 11.4 Å². The van der Waals surface area contributed by atoms with Crippen molar-refractivity contribution >= 4 is 5.69 Å². The van der Waals surface area contributed by atoms with Gasteiger partial charge in [0.25, 0.3) is 0 Å². The van der Waals surface area contributed by atoms with Crippen molar-refractivity contribution in [1.82, 2.24) is 10.3 Å². The number of nitrogens with one attached hydrogen (secondary N) is 1. The van der Waals surface area contributed by atoms with E-state index in [1.54, 1.807) is 12.3 Å². The van der Waals surface area contributed by atoms with Crippen LogP contribution in [0.25, 0.3) is 0 Å². The summed E-state index contributed by atoms with van der Waals surface area (Å²) in [5.41, 5.74) is 2.56. The summed E-state index contributed by atoms with van der Waals surface area (Å²) in [6.45, 7) is 5.28. The normalized spacial score (nSPS) is 10.9. The highest BCUT2D eigenvalue weighted by molar-refractivity contribution is 5.53. The van der Waals surface area contributed by atoms with Crippen LogP contribution in [0.2, 0.25) is 0 Å². The Morgan fingerprint density at radius 2 is 2.00 bits per heavy atom. The first-order chi connectivity index (χ1) is 10.1. The number of hydrogen-bond donors (Lipinski definition) is 1. The van der Waals surface area contributed by atoms with Gasteiger partial charge in [0.2, 0.25) is 0 Å². The molecule has 0 bridgehead atoms. The number of aromatic nitrogens is 1. The van der Waals surface area contributed by atoms with Crippen LogP contribution in [-0.4, -0.2) is 18.1 Å². The summed E-state index contributed by atoms with van der Waals surface area (Å²) in [4.78, 5) is 6.35. The maximum atomic E-state index is 14.1. The maximum absolute atomic E-state index is 14.1. The molecule has 0 atom stereocenters. The van der Waals surface area contributed by atoms with Crippen molar-refractivity contribution in [2.45, 2.75) is 33.0 Å². The fraction of sp³-hybridized carbons (Fsp3) is 0.353. The molecular formula is C17H22FN3. The number of benzene rings is 1. The average molecular weight is 287 g/mol. The van der Waals surface area contributed by atoms with Crippen molar-refractivity contribution in [1.29, 1.82) is 0 Å². The Balaban J connectivity index is 2.19. The summed E-state index contributed by atoms with van der Waals surface area (Å²) in [5, 5.41) is 3.28. The molecule has 0 unspecified atom stereocenters. The Labute approximate surface area is 125 Å². The van der Waals surface area contributed by atoms with Gasteiger partial charge in [0, 0.05) is 37.1 Å². The molecule has 0 fully saturated rings. The molecule has 0 radical (unpaired) electrons. The van der Waals surface area contributed by atoms with E-state index in [2.05, 4.69) is 24.1 Å². The van der Waals surface area contributed by atoms with Gasteiger partial charge in [-0.05, 0) is 24.3 Å². The third kappa shape index (κ3) is 4.26. The van der Waals surface area contributed by atoms with Crippen molar-refractivity contribution < 1.29 is 4.39 Å². The lowest BCUT2D eigenvalue weighted by Gasteiger charge is -2.23. The minimum atomic E-state index is -0.173. The number of hydrogen-bond acceptors (Lipinski definition) is 3. The van der Waals surface area contributed by atoms with Crippen LogP contribution in [0.1, 0.15) is 25.1 Å². The highest BCUT2D eigenvalue weighted by Crippen LogP contribution is 2.23. The van der Waals surface area contributed by atoms with Gasteiger partial charge < -0.3 is 10.2 Å². The van der Waals surface area contributed by atoms with E-state index in [0.29, 0.717) is 24.7 Å². The number of anilines is 1. The van der Waals surface area contributed by atoms with Gasteiger partial charge in [-0.3, -0.25) is 4.98 Å². The molecule has 1 heterocycles. The highest BCUT2D eigenvalue weighted by atomic mass is 19.1. The molecule has 0 amide bonds. The van der Waals surface area contributed by atoms with Gasteiger partial charge >= 0.3 is 0 Å². The van der Waals surface area contributed by atoms with Crippen LogP contribution in [0.4, 0.5) is 10.1 Å². The predicted molar refractivity (Wildman–Crippen MR) is 84.7 cm³/mol. The smallest absolute Gasteiger partial charge is 0.129 e. The second kappa shape index (κ2) is 7.18. The first-order valence-corrected chi connectivity index (χ1v) is 7.19. The summed E-state index contributed by atoms with van der Waals surface area (Å²) in [6, 6.07) is 11.4. The molecule has 4 heteroatoms. The lowest BCUT2D eigenvalue weighted by Crippen LogP contribution is -2.25. The molecule has 0 spiro atoms. The van der Waals surface area contributed by atoms with Crippen molar-refractivity contribution in [2.24, 2.45) is 0 Å². The van der Waals surface area contributed by atoms with Crippen molar-refractivity contribution in [3.05, 3.63) is 59.7 Å². The van der Waals surface area contributed by atoms with Gasteiger partial charge in [0.05, 0.1) is 12.2 Å². The first kappa shape index (κ1) is 15.4. The molecule has 21 heavy (non-hydrogen) atoms. The maximum Gasteiger partial charge on any atom is 0.129 e. The minimum absolute atomic E-state index is 0.173. The molecule has 3 nitrogen and oxygen atoms in total. The van der Waals surface area contributed by atoms with Gasteiger partial charge in [-0.15, -0.1) is 0 Å². The third-order valence-corrected chi connectivity index (χ3v) is 3.32. The topological polar surface area (TPSA) is 28.2 Å². The summed E-state index contributed by atoms with van der Waals surface area (Å²) in [6.07, 6.45) is 1.77. The third-order valence-electron chi connectivity index (χ3n) is 3.32. The molecule has 0 saturated carbocycles. The minimum Gasteiger partial charge on any atom is -0.368 e. The molecule has 2 rings (SSSR count). The molecular weight excluding hydrogens is 265 g/mol. The highest BCUT2D eigenvalue weighted by Gasteiger charge is 2.13. The molecule has 0 aliphatic rings. The van der Waals surface area contributed by atoms with Gasteiger partial charge in [-0.25, -0.2) is 4.39 Å². The number of nitrogens with zero attached hydrogens (tertiary/aromatic N) is 2. The zero-order chi connectivity index (χ0) is 15.2. The van der Waals surface area contributed by atoms with Gasteiger partial charge in [0.1, 0.15) is 5.82 Å². The van der Waals surface area contributed by atoms with Crippen LogP contribution in [0.5, 0.6) is 0 Å². The second-order valence-electron chi connectivity index (χ2n) is 5.45. The Hall–Kier alpha value is -1.94. The quantitative estimate of drug-likeness (QED) is 0.883. The molecule has 112 valence electrons. The van der Waals surface area contributed by atoms with Crippen molar-refractivity contribution in [2.75, 3.05) is 11.9 Å². The zero-order valence-electron chi connectivity index (χ0n) is 12.8. The largest absolute Gasteiger partial charge is 0.368 e. The number of rotatable bonds is 6. The van der Waals surface area contributed by atoms with E-state index in [4.69, 9.17) is 0 Å². The van der Waals surface area contributed by atoms with E-state index >= 15 is 0 Å². The second-order valence-corrected chi connectivity index (χ2v) is 5.45. The van der Waals surface area contributed by atoms with Crippen LogP contribution in [0.15, 0.2) is 42.6 Å². The lowest BCUT2D eigenvalue weighted by molar-refractivity contribution is 0.552. The molecule has 1 N–H and O–H groups in total. The zero-order valence-corrected chi connectivity index (χ0v) is 12.8. The Kier molecular flexibility index (Phi) is 5.28. The fourth-order valence-electron chi connectivity index (χ4n) is 2.21. The number of pyridine rings is 1. The monoisotopic (exact) mass is 287 g/mol. The lowest BCUT2D eigenvalue weighted by atomic mass is 10.1. The van der Waals surface area contributed by atoms with E-state index < -0.39 is 0 Å². The van der Waals surface area contributed by atoms with Crippen molar-refractivity contribution in [3.8, 4) is 0 Å². The first-order valence-electron chi connectivity index (χ1n) is 7.19. The predicted octanol–water partition coefficient (Wildman–Crippen LogP) is 3.36. The van der Waals surface area contributed by atoms with E-state index in [1.165, 1.54) is 6.07 Å². The van der Waals surface area contributed by atoms with Crippen LogP contribution in [0, 0.1) is 5.82 Å². The van der Waals surface area contributed by atoms with Crippen LogP contribution >= 0.6 is 0 Å². The SMILES string of the molecule is CC(C)NCc1c(F)cccc1N(C)Cc1ccccn1. The molecule has 0 aliphatic heterocycles. The Morgan fingerprint density at radius 3 is 2.67 bits per heavy atom. The number of halogens is 1. The van der Waals surface area contributed by atoms with Gasteiger partial charge in [-0.1, -0.05) is 26.0 Å². The van der Waals surface area contributed by atoms with Crippen molar-refractivity contribution in [3.63, 3.8) is 0 Å². The van der Waals surface area contributed by atoms with Gasteiger partial charge in [-0.2, -0.15) is 0 Å². The van der Waals surface area contributed by atoms with Crippen LogP contribution < -0.4 is 10.2 Å². The molecule has 2 aromatic rings. The fourth-order valence-corrected chi connectivity index (χ4v) is 2.21. The Bertz CT molecular complexity index is 570. The van der Waals surface area contributed by atoms with E-state index in [-0.39, 0.29) is 5.82 Å².